The fraction of sp³-hybridized carbons (Fsp3) is 0.294. The van der Waals surface area contributed by atoms with Crippen LogP contribution >= 0.6 is 23.2 Å². The molecule has 0 bridgehead atoms. The zero-order chi connectivity index (χ0) is 17.8. The van der Waals surface area contributed by atoms with E-state index in [1.165, 1.54) is 0 Å². The van der Waals surface area contributed by atoms with E-state index in [2.05, 4.69) is 9.62 Å². The summed E-state index contributed by atoms with van der Waals surface area (Å²) < 4.78 is 32.2. The molecule has 136 valence electrons. The van der Waals surface area contributed by atoms with E-state index in [0.29, 0.717) is 34.8 Å². The van der Waals surface area contributed by atoms with Crippen molar-refractivity contribution in [1.82, 2.24) is 4.72 Å². The van der Waals surface area contributed by atoms with Gasteiger partial charge in [0.05, 0.1) is 36.7 Å². The van der Waals surface area contributed by atoms with E-state index >= 15 is 0 Å². The van der Waals surface area contributed by atoms with Crippen LogP contribution in [0, 0.1) is 0 Å². The molecule has 3 aliphatic heterocycles. The molecular weight excluding hydrogens is 399 g/mol. The molecule has 1 N–H and O–H groups in total. The molecule has 2 aromatic carbocycles. The number of anilines is 2. The fourth-order valence-corrected chi connectivity index (χ4v) is 4.92. The Morgan fingerprint density at radius 1 is 1.04 bits per heavy atom. The lowest BCUT2D eigenvalue weighted by atomic mass is 9.98. The molecule has 2 fully saturated rings. The van der Waals surface area contributed by atoms with Crippen molar-refractivity contribution in [2.45, 2.75) is 18.2 Å². The molecule has 2 saturated heterocycles. The van der Waals surface area contributed by atoms with E-state index < -0.39 is 11.3 Å². The second-order valence-corrected chi connectivity index (χ2v) is 8.09. The molecule has 3 heterocycles. The van der Waals surface area contributed by atoms with Crippen LogP contribution in [0.3, 0.4) is 0 Å². The summed E-state index contributed by atoms with van der Waals surface area (Å²) in [6, 6.07) is 10.6. The fourth-order valence-electron chi connectivity index (χ4n) is 3.62. The molecule has 9 heteroatoms. The molecule has 4 atom stereocenters. The zero-order valence-electron chi connectivity index (χ0n) is 13.4. The Bertz CT molecular complexity index is 861. The predicted molar refractivity (Wildman–Crippen MR) is 99.7 cm³/mol. The zero-order valence-corrected chi connectivity index (χ0v) is 15.7. The molecule has 0 radical (unpaired) electrons. The van der Waals surface area contributed by atoms with Gasteiger partial charge in [0.25, 0.3) is 0 Å². The van der Waals surface area contributed by atoms with Gasteiger partial charge in [-0.05, 0) is 24.3 Å². The van der Waals surface area contributed by atoms with E-state index in [9.17, 15) is 4.21 Å². The molecule has 0 spiro atoms. The minimum atomic E-state index is -1.52. The first-order valence-electron chi connectivity index (χ1n) is 8.09. The summed E-state index contributed by atoms with van der Waals surface area (Å²) in [5, 5.41) is 1.15. The maximum Gasteiger partial charge on any atom is 0.235 e. The number of benzene rings is 2. The van der Waals surface area contributed by atoms with Crippen molar-refractivity contribution in [3.63, 3.8) is 0 Å². The van der Waals surface area contributed by atoms with Crippen LogP contribution in [0.1, 0.15) is 0 Å². The van der Waals surface area contributed by atoms with Crippen molar-refractivity contribution >= 4 is 45.8 Å². The summed E-state index contributed by atoms with van der Waals surface area (Å²) in [6.07, 6.45) is -0.283. The third-order valence-corrected chi connectivity index (χ3v) is 6.08. The molecule has 0 amide bonds. The number of rotatable bonds is 1. The van der Waals surface area contributed by atoms with Crippen molar-refractivity contribution in [3.05, 3.63) is 46.4 Å². The van der Waals surface area contributed by atoms with Gasteiger partial charge < -0.3 is 14.4 Å². The van der Waals surface area contributed by atoms with Crippen molar-refractivity contribution in [3.8, 4) is 11.5 Å². The van der Waals surface area contributed by atoms with Gasteiger partial charge in [0.15, 0.2) is 11.5 Å². The number of hydrogen-bond donors (Lipinski definition) is 1. The maximum atomic E-state index is 11.9. The van der Waals surface area contributed by atoms with Gasteiger partial charge in [-0.15, -0.1) is 0 Å². The molecule has 1 unspecified atom stereocenters. The Morgan fingerprint density at radius 3 is 2.35 bits per heavy atom. The van der Waals surface area contributed by atoms with Gasteiger partial charge in [-0.1, -0.05) is 23.2 Å². The molecule has 2 aromatic rings. The average Bonchev–Trinajstić information content (AvgIpc) is 2.99. The van der Waals surface area contributed by atoms with Gasteiger partial charge in [-0.2, -0.15) is 0 Å². The Hall–Kier alpha value is -1.35. The molecule has 5 rings (SSSR count). The molecule has 26 heavy (non-hydrogen) atoms. The van der Waals surface area contributed by atoms with Gasteiger partial charge in [-0.3, -0.25) is 4.18 Å². The van der Waals surface area contributed by atoms with Crippen molar-refractivity contribution in [2.75, 3.05) is 18.1 Å². The second kappa shape index (κ2) is 6.37. The quantitative estimate of drug-likeness (QED) is 0.775. The standard InChI is InChI=1S/C17H14Cl2N2O4S/c18-9-1-3-12-15(5-9)24-16-6-10(19)2-4-13(16)21(12)14-8-23-7-11-17(14)25-26(22)20-11/h1-6,11,14,17,20H,7-8H2/t11-,14-,17-,26?/m0/s1. The maximum absolute atomic E-state index is 11.9. The van der Waals surface area contributed by atoms with E-state index in [0.717, 1.165) is 11.4 Å². The first kappa shape index (κ1) is 16.8. The van der Waals surface area contributed by atoms with Crippen LogP contribution in [0.25, 0.3) is 0 Å². The molecule has 0 aromatic heterocycles. The normalized spacial score (nSPS) is 29.5. The van der Waals surface area contributed by atoms with Crippen LogP contribution < -0.4 is 14.4 Å². The number of nitrogens with one attached hydrogen (secondary N) is 1. The van der Waals surface area contributed by atoms with Crippen LogP contribution in [0.15, 0.2) is 36.4 Å². The lowest BCUT2D eigenvalue weighted by molar-refractivity contribution is 0.00807. The van der Waals surface area contributed by atoms with E-state index in [1.54, 1.807) is 12.1 Å². The van der Waals surface area contributed by atoms with Crippen LogP contribution in [0.2, 0.25) is 10.0 Å². The topological polar surface area (TPSA) is 60.0 Å². The molecule has 3 aliphatic rings. The number of halogens is 2. The minimum absolute atomic E-state index is 0.135. The van der Waals surface area contributed by atoms with Crippen molar-refractivity contribution < 1.29 is 17.9 Å². The lowest BCUT2D eigenvalue weighted by Crippen LogP contribution is -2.55. The van der Waals surface area contributed by atoms with E-state index in [-0.39, 0.29) is 18.2 Å². The van der Waals surface area contributed by atoms with Gasteiger partial charge >= 0.3 is 0 Å². The predicted octanol–water partition coefficient (Wildman–Crippen LogP) is 3.57. The third kappa shape index (κ3) is 2.70. The lowest BCUT2D eigenvalue weighted by Gasteiger charge is -2.43. The summed E-state index contributed by atoms with van der Waals surface area (Å²) in [7, 11) is 0. The van der Waals surface area contributed by atoms with Crippen LogP contribution in [0.4, 0.5) is 11.4 Å². The van der Waals surface area contributed by atoms with Crippen LogP contribution in [-0.4, -0.2) is 35.6 Å². The van der Waals surface area contributed by atoms with Crippen molar-refractivity contribution in [2.24, 2.45) is 0 Å². The molecule has 0 aliphatic carbocycles. The van der Waals surface area contributed by atoms with Crippen LogP contribution in [-0.2, 0) is 20.2 Å². The molecular formula is C17H14Cl2N2O4S. The first-order chi connectivity index (χ1) is 12.6. The Morgan fingerprint density at radius 2 is 1.69 bits per heavy atom. The number of fused-ring (bicyclic) bond motifs is 3. The van der Waals surface area contributed by atoms with Crippen molar-refractivity contribution in [1.29, 1.82) is 0 Å². The Kier molecular flexibility index (Phi) is 4.11. The molecule has 6 nitrogen and oxygen atoms in total. The Balaban J connectivity index is 1.65. The third-order valence-electron chi connectivity index (χ3n) is 4.72. The van der Waals surface area contributed by atoms with E-state index in [4.69, 9.17) is 36.9 Å². The number of ether oxygens (including phenoxy) is 2. The highest BCUT2D eigenvalue weighted by Gasteiger charge is 2.47. The van der Waals surface area contributed by atoms with Gasteiger partial charge in [-0.25, -0.2) is 8.93 Å². The SMILES string of the molecule is O=S1N[C@H]2COC[C@H](N3c4ccc(Cl)cc4Oc4cc(Cl)ccc43)[C@H]2O1. The minimum Gasteiger partial charge on any atom is -0.453 e. The molecule has 0 saturated carbocycles. The summed E-state index contributed by atoms with van der Waals surface area (Å²) in [5.41, 5.74) is 1.69. The summed E-state index contributed by atoms with van der Waals surface area (Å²) in [6.45, 7) is 0.891. The highest BCUT2D eigenvalue weighted by atomic mass is 35.5. The highest BCUT2D eigenvalue weighted by Crippen LogP contribution is 2.50. The summed E-state index contributed by atoms with van der Waals surface area (Å²) in [4.78, 5) is 2.10. The highest BCUT2D eigenvalue weighted by molar-refractivity contribution is 7.78. The largest absolute Gasteiger partial charge is 0.453 e. The summed E-state index contributed by atoms with van der Waals surface area (Å²) in [5.74, 6) is 1.25. The summed E-state index contributed by atoms with van der Waals surface area (Å²) >= 11 is 10.8. The number of hydrogen-bond acceptors (Lipinski definition) is 5. The number of nitrogens with zero attached hydrogens (tertiary/aromatic N) is 1. The first-order valence-corrected chi connectivity index (χ1v) is 9.92. The monoisotopic (exact) mass is 412 g/mol. The smallest absolute Gasteiger partial charge is 0.235 e. The van der Waals surface area contributed by atoms with Crippen LogP contribution in [0.5, 0.6) is 11.5 Å². The van der Waals surface area contributed by atoms with E-state index in [1.807, 2.05) is 24.3 Å². The average molecular weight is 413 g/mol. The van der Waals surface area contributed by atoms with Gasteiger partial charge in [0.2, 0.25) is 11.3 Å². The Labute approximate surface area is 162 Å². The second-order valence-electron chi connectivity index (χ2n) is 6.32. The van der Waals surface area contributed by atoms with Gasteiger partial charge in [0.1, 0.15) is 6.10 Å². The van der Waals surface area contributed by atoms with Gasteiger partial charge in [0, 0.05) is 22.2 Å².